The molecule has 132 valence electrons. The topological polar surface area (TPSA) is 70.6 Å². The number of carbonyl (C=O) groups excluding carboxylic acids is 1. The van der Waals surface area contributed by atoms with Gasteiger partial charge in [0, 0.05) is 5.02 Å². The average Bonchev–Trinajstić information content (AvgIpc) is 2.58. The highest BCUT2D eigenvalue weighted by Crippen LogP contribution is 2.24. The number of carbonyl (C=O) groups is 1. The number of aryl methyl sites for hydroxylation is 2. The van der Waals surface area contributed by atoms with E-state index in [0.29, 0.717) is 16.5 Å². The van der Waals surface area contributed by atoms with E-state index in [1.165, 1.54) is 0 Å². The molecule has 0 bridgehead atoms. The highest BCUT2D eigenvalue weighted by atomic mass is 35.5. The SMILES string of the molecule is CCc1ccc(O)c(NC(=S)NC(=O)COc2ccc(Cl)c(C)c2)c1. The van der Waals surface area contributed by atoms with E-state index < -0.39 is 5.91 Å². The Hall–Kier alpha value is -2.31. The summed E-state index contributed by atoms with van der Waals surface area (Å²) >= 11 is 11.0. The Bertz CT molecular complexity index is 796. The minimum Gasteiger partial charge on any atom is -0.506 e. The first-order chi connectivity index (χ1) is 11.9. The summed E-state index contributed by atoms with van der Waals surface area (Å²) in [6.45, 7) is 3.67. The van der Waals surface area contributed by atoms with Gasteiger partial charge in [0.1, 0.15) is 11.5 Å². The monoisotopic (exact) mass is 378 g/mol. The van der Waals surface area contributed by atoms with Crippen LogP contribution in [0.25, 0.3) is 0 Å². The molecule has 0 heterocycles. The summed E-state index contributed by atoms with van der Waals surface area (Å²) in [5, 5.41) is 15.9. The van der Waals surface area contributed by atoms with E-state index in [9.17, 15) is 9.90 Å². The van der Waals surface area contributed by atoms with Crippen molar-refractivity contribution in [2.45, 2.75) is 20.3 Å². The van der Waals surface area contributed by atoms with E-state index >= 15 is 0 Å². The van der Waals surface area contributed by atoms with Crippen LogP contribution in [-0.2, 0) is 11.2 Å². The molecular formula is C18H19ClN2O3S. The molecule has 0 spiro atoms. The Labute approximate surface area is 157 Å². The molecule has 0 aliphatic heterocycles. The van der Waals surface area contributed by atoms with E-state index in [4.69, 9.17) is 28.6 Å². The molecule has 2 aromatic carbocycles. The molecule has 0 atom stereocenters. The fourth-order valence-electron chi connectivity index (χ4n) is 2.08. The van der Waals surface area contributed by atoms with Crippen molar-refractivity contribution in [3.8, 4) is 11.5 Å². The summed E-state index contributed by atoms with van der Waals surface area (Å²) in [6, 6.07) is 10.3. The zero-order chi connectivity index (χ0) is 18.4. The Morgan fingerprint density at radius 2 is 2.04 bits per heavy atom. The van der Waals surface area contributed by atoms with E-state index in [1.54, 1.807) is 30.3 Å². The number of benzene rings is 2. The number of halogens is 1. The summed E-state index contributed by atoms with van der Waals surface area (Å²) in [4.78, 5) is 11.9. The molecule has 0 saturated heterocycles. The molecule has 2 aromatic rings. The molecule has 0 aromatic heterocycles. The van der Waals surface area contributed by atoms with Crippen LogP contribution in [0, 0.1) is 6.92 Å². The van der Waals surface area contributed by atoms with Crippen LogP contribution in [-0.4, -0.2) is 22.7 Å². The van der Waals surface area contributed by atoms with E-state index in [1.807, 2.05) is 19.9 Å². The number of ether oxygens (including phenoxy) is 1. The molecule has 7 heteroatoms. The van der Waals surface area contributed by atoms with Crippen molar-refractivity contribution >= 4 is 40.5 Å². The minimum atomic E-state index is -0.406. The fraction of sp³-hybridized carbons (Fsp3) is 0.222. The minimum absolute atomic E-state index is 0.0571. The van der Waals surface area contributed by atoms with Crippen molar-refractivity contribution in [3.05, 3.63) is 52.5 Å². The summed E-state index contributed by atoms with van der Waals surface area (Å²) in [5.41, 5.74) is 2.35. The van der Waals surface area contributed by atoms with Crippen molar-refractivity contribution in [2.75, 3.05) is 11.9 Å². The van der Waals surface area contributed by atoms with Gasteiger partial charge >= 0.3 is 0 Å². The maximum Gasteiger partial charge on any atom is 0.264 e. The Morgan fingerprint density at radius 3 is 2.72 bits per heavy atom. The zero-order valence-corrected chi connectivity index (χ0v) is 15.5. The molecule has 5 nitrogen and oxygen atoms in total. The number of hydrogen-bond donors (Lipinski definition) is 3. The van der Waals surface area contributed by atoms with Crippen molar-refractivity contribution in [2.24, 2.45) is 0 Å². The summed E-state index contributed by atoms with van der Waals surface area (Å²) in [6.07, 6.45) is 0.822. The molecule has 0 fully saturated rings. The van der Waals surface area contributed by atoms with Gasteiger partial charge in [-0.25, -0.2) is 0 Å². The maximum atomic E-state index is 11.9. The van der Waals surface area contributed by atoms with Gasteiger partial charge in [0.25, 0.3) is 5.91 Å². The van der Waals surface area contributed by atoms with Crippen molar-refractivity contribution < 1.29 is 14.6 Å². The number of phenols is 1. The van der Waals surface area contributed by atoms with Gasteiger partial charge in [-0.05, 0) is 67.0 Å². The number of aromatic hydroxyl groups is 1. The van der Waals surface area contributed by atoms with Gasteiger partial charge in [-0.1, -0.05) is 24.6 Å². The Kier molecular flexibility index (Phi) is 6.61. The first-order valence-electron chi connectivity index (χ1n) is 7.70. The summed E-state index contributed by atoms with van der Waals surface area (Å²) in [7, 11) is 0. The third-order valence-electron chi connectivity index (χ3n) is 3.47. The molecule has 0 aliphatic carbocycles. The molecule has 1 amide bonds. The Morgan fingerprint density at radius 1 is 1.28 bits per heavy atom. The lowest BCUT2D eigenvalue weighted by molar-refractivity contribution is -0.121. The van der Waals surface area contributed by atoms with Gasteiger partial charge in [-0.15, -0.1) is 0 Å². The van der Waals surface area contributed by atoms with Crippen LogP contribution in [0.5, 0.6) is 11.5 Å². The lowest BCUT2D eigenvalue weighted by Gasteiger charge is -2.12. The molecule has 0 unspecified atom stereocenters. The van der Waals surface area contributed by atoms with Crippen molar-refractivity contribution in [1.29, 1.82) is 0 Å². The van der Waals surface area contributed by atoms with Crippen LogP contribution in [0.3, 0.4) is 0 Å². The van der Waals surface area contributed by atoms with Crippen LogP contribution >= 0.6 is 23.8 Å². The molecule has 2 rings (SSSR count). The van der Waals surface area contributed by atoms with E-state index in [-0.39, 0.29) is 17.5 Å². The van der Waals surface area contributed by atoms with Crippen LogP contribution < -0.4 is 15.4 Å². The molecule has 0 aliphatic rings. The van der Waals surface area contributed by atoms with Gasteiger partial charge in [0.15, 0.2) is 11.7 Å². The van der Waals surface area contributed by atoms with Crippen molar-refractivity contribution in [3.63, 3.8) is 0 Å². The highest BCUT2D eigenvalue weighted by Gasteiger charge is 2.09. The number of amides is 1. The van der Waals surface area contributed by atoms with Gasteiger partial charge in [-0.2, -0.15) is 0 Å². The summed E-state index contributed by atoms with van der Waals surface area (Å²) < 4.78 is 5.41. The standard InChI is InChI=1S/C18H19ClN2O3S/c1-3-12-4-7-16(22)15(9-12)20-18(25)21-17(23)10-24-13-5-6-14(19)11(2)8-13/h4-9,22H,3,10H2,1-2H3,(H2,20,21,23,25). The predicted octanol–water partition coefficient (Wildman–Crippen LogP) is 3.81. The van der Waals surface area contributed by atoms with Gasteiger partial charge < -0.3 is 15.2 Å². The maximum absolute atomic E-state index is 11.9. The Balaban J connectivity index is 1.87. The van der Waals surface area contributed by atoms with Gasteiger partial charge in [0.2, 0.25) is 0 Å². The fourth-order valence-corrected chi connectivity index (χ4v) is 2.42. The van der Waals surface area contributed by atoms with Gasteiger partial charge in [0.05, 0.1) is 5.69 Å². The third kappa shape index (κ3) is 5.62. The van der Waals surface area contributed by atoms with Crippen LogP contribution in [0.1, 0.15) is 18.1 Å². The lowest BCUT2D eigenvalue weighted by atomic mass is 10.1. The number of rotatable bonds is 5. The van der Waals surface area contributed by atoms with E-state index in [0.717, 1.165) is 17.5 Å². The van der Waals surface area contributed by atoms with Crippen LogP contribution in [0.2, 0.25) is 5.02 Å². The number of phenolic OH excluding ortho intramolecular Hbond substituents is 1. The van der Waals surface area contributed by atoms with Crippen LogP contribution in [0.15, 0.2) is 36.4 Å². The smallest absolute Gasteiger partial charge is 0.264 e. The first-order valence-corrected chi connectivity index (χ1v) is 8.49. The second-order valence-electron chi connectivity index (χ2n) is 5.41. The van der Waals surface area contributed by atoms with Crippen LogP contribution in [0.4, 0.5) is 5.69 Å². The van der Waals surface area contributed by atoms with Gasteiger partial charge in [-0.3, -0.25) is 10.1 Å². The van der Waals surface area contributed by atoms with Crippen molar-refractivity contribution in [1.82, 2.24) is 5.32 Å². The molecular weight excluding hydrogens is 360 g/mol. The quantitative estimate of drug-likeness (QED) is 0.545. The summed E-state index contributed by atoms with van der Waals surface area (Å²) in [5.74, 6) is 0.196. The molecule has 3 N–H and O–H groups in total. The average molecular weight is 379 g/mol. The first kappa shape index (κ1) is 19.0. The highest BCUT2D eigenvalue weighted by molar-refractivity contribution is 7.80. The second kappa shape index (κ2) is 8.69. The zero-order valence-electron chi connectivity index (χ0n) is 13.9. The predicted molar refractivity (Wildman–Crippen MR) is 104 cm³/mol. The normalized spacial score (nSPS) is 10.2. The molecule has 0 saturated carbocycles. The van der Waals surface area contributed by atoms with E-state index in [2.05, 4.69) is 10.6 Å². The lowest BCUT2D eigenvalue weighted by Crippen LogP contribution is -2.37. The largest absolute Gasteiger partial charge is 0.506 e. The number of anilines is 1. The second-order valence-corrected chi connectivity index (χ2v) is 6.22. The third-order valence-corrected chi connectivity index (χ3v) is 4.10. The number of nitrogens with one attached hydrogen (secondary N) is 2. The number of thiocarbonyl (C=S) groups is 1. The molecule has 25 heavy (non-hydrogen) atoms. The number of hydrogen-bond acceptors (Lipinski definition) is 4. The molecule has 0 radical (unpaired) electrons.